The van der Waals surface area contributed by atoms with E-state index >= 15 is 0 Å². The van der Waals surface area contributed by atoms with E-state index in [9.17, 15) is 4.57 Å². The number of hydrogen-bond donors (Lipinski definition) is 1. The molecule has 0 saturated heterocycles. The highest BCUT2D eigenvalue weighted by molar-refractivity contribution is 8.65. The highest BCUT2D eigenvalue weighted by Gasteiger charge is 2.23. The van der Waals surface area contributed by atoms with Gasteiger partial charge in [0.05, 0.1) is 0 Å². The topological polar surface area (TPSA) is 49.7 Å². The van der Waals surface area contributed by atoms with Crippen LogP contribution < -0.4 is 0 Å². The van der Waals surface area contributed by atoms with Gasteiger partial charge in [0, 0.05) is 7.05 Å². The second-order valence-corrected chi connectivity index (χ2v) is 6.92. The van der Waals surface area contributed by atoms with Crippen molar-refractivity contribution in [3.05, 3.63) is 0 Å². The summed E-state index contributed by atoms with van der Waals surface area (Å²) >= 11 is 2.16. The van der Waals surface area contributed by atoms with Gasteiger partial charge in [0.1, 0.15) is 0 Å². The Balaban J connectivity index is 4.45. The summed E-state index contributed by atoms with van der Waals surface area (Å²) in [5, 5.41) is 0. The lowest BCUT2D eigenvalue weighted by Gasteiger charge is -2.06. The molecule has 0 aliphatic carbocycles. The largest absolute Gasteiger partial charge is 0.332 e. The van der Waals surface area contributed by atoms with E-state index < -0.39 is 6.57 Å². The summed E-state index contributed by atoms with van der Waals surface area (Å²) in [4.78, 5) is 13.2. The Morgan fingerprint density at radius 1 is 1.60 bits per heavy atom. The third-order valence-corrected chi connectivity index (χ3v) is 6.23. The van der Waals surface area contributed by atoms with Crippen LogP contribution in [-0.2, 0) is 4.57 Å². The lowest BCUT2D eigenvalue weighted by atomic mass is 11.4. The van der Waals surface area contributed by atoms with Crippen molar-refractivity contribution in [1.29, 1.82) is 0 Å². The average molecular weight is 199 g/mol. The molecule has 0 heterocycles. The second-order valence-electron chi connectivity index (χ2n) is 1.41. The highest BCUT2D eigenvalue weighted by Crippen LogP contribution is 2.56. The molecule has 1 N–H and O–H groups in total. The van der Waals surface area contributed by atoms with E-state index in [4.69, 9.17) is 4.89 Å². The van der Waals surface area contributed by atoms with E-state index in [1.54, 1.807) is 12.5 Å². The molecular formula is C4H10NO2PS2. The predicted molar refractivity (Wildman–Crippen MR) is 50.2 cm³/mol. The van der Waals surface area contributed by atoms with Gasteiger partial charge in [0.15, 0.2) is 4.78 Å². The smallest absolute Gasteiger partial charge is 0.308 e. The van der Waals surface area contributed by atoms with Crippen LogP contribution in [0.3, 0.4) is 0 Å². The van der Waals surface area contributed by atoms with Crippen LogP contribution in [0.25, 0.3) is 0 Å². The Kier molecular flexibility index (Phi) is 4.69. The Labute approximate surface area is 68.9 Å². The summed E-state index contributed by atoms with van der Waals surface area (Å²) in [7, 11) is 1.52. The van der Waals surface area contributed by atoms with Gasteiger partial charge in [0.2, 0.25) is 0 Å². The van der Waals surface area contributed by atoms with Gasteiger partial charge in [-0.25, -0.2) is 0 Å². The summed E-state index contributed by atoms with van der Waals surface area (Å²) in [6.07, 6.45) is 3.34. The number of nitrogens with zero attached hydrogens (tertiary/aromatic N) is 1. The van der Waals surface area contributed by atoms with Gasteiger partial charge >= 0.3 is 6.57 Å². The highest BCUT2D eigenvalue weighted by atomic mass is 32.7. The lowest BCUT2D eigenvalue weighted by Crippen LogP contribution is -1.89. The Bertz CT molecular complexity index is 182. The van der Waals surface area contributed by atoms with E-state index in [1.807, 2.05) is 0 Å². The third-order valence-electron chi connectivity index (χ3n) is 0.863. The molecular weight excluding hydrogens is 189 g/mol. The Hall–Kier alpha value is 0.560. The zero-order valence-corrected chi connectivity index (χ0v) is 8.59. The van der Waals surface area contributed by atoms with Crippen LogP contribution in [-0.4, -0.2) is 29.2 Å². The zero-order chi connectivity index (χ0) is 8.20. The van der Waals surface area contributed by atoms with Gasteiger partial charge in [-0.1, -0.05) is 11.4 Å². The van der Waals surface area contributed by atoms with E-state index in [1.165, 1.54) is 18.8 Å². The van der Waals surface area contributed by atoms with Crippen molar-refractivity contribution < 1.29 is 9.46 Å². The van der Waals surface area contributed by atoms with Crippen LogP contribution >= 0.6 is 29.7 Å². The quantitative estimate of drug-likeness (QED) is 0.419. The number of thioether (sulfide) groups is 1. The van der Waals surface area contributed by atoms with Gasteiger partial charge in [-0.05, 0) is 12.5 Å². The molecule has 1 atom stereocenters. The van der Waals surface area contributed by atoms with Gasteiger partial charge < -0.3 is 4.89 Å². The van der Waals surface area contributed by atoms with Crippen molar-refractivity contribution >= 4 is 34.5 Å². The van der Waals surface area contributed by atoms with Crippen LogP contribution in [0.2, 0.25) is 0 Å². The predicted octanol–water partition coefficient (Wildman–Crippen LogP) is 1.88. The molecule has 0 bridgehead atoms. The van der Waals surface area contributed by atoms with Gasteiger partial charge in [0.25, 0.3) is 0 Å². The van der Waals surface area contributed by atoms with Crippen molar-refractivity contribution in [3.63, 3.8) is 0 Å². The standard InChI is InChI=1S/C4H10NO2PS2/c1-5-4(9-2)8(6,7)10-3/h1-3H3,(H,6,7). The maximum Gasteiger partial charge on any atom is 0.308 e. The van der Waals surface area contributed by atoms with Crippen molar-refractivity contribution in [2.24, 2.45) is 4.99 Å². The van der Waals surface area contributed by atoms with Gasteiger partial charge in [-0.3, -0.25) is 9.56 Å². The van der Waals surface area contributed by atoms with Crippen LogP contribution in [0.5, 0.6) is 0 Å². The van der Waals surface area contributed by atoms with Crippen molar-refractivity contribution in [3.8, 4) is 0 Å². The fourth-order valence-electron chi connectivity index (χ4n) is 0.411. The number of aliphatic imine (C=N–C) groups is 1. The first-order valence-corrected chi connectivity index (χ1v) is 7.19. The molecule has 0 spiro atoms. The van der Waals surface area contributed by atoms with Crippen LogP contribution in [0.4, 0.5) is 0 Å². The Morgan fingerprint density at radius 3 is 2.20 bits per heavy atom. The summed E-state index contributed by atoms with van der Waals surface area (Å²) in [5.74, 6) is 0. The maximum absolute atomic E-state index is 11.1. The molecule has 0 saturated carbocycles. The molecule has 3 nitrogen and oxygen atoms in total. The molecule has 60 valence electrons. The van der Waals surface area contributed by atoms with Gasteiger partial charge in [-0.2, -0.15) is 0 Å². The third kappa shape index (κ3) is 2.66. The van der Waals surface area contributed by atoms with Gasteiger partial charge in [-0.15, -0.1) is 11.8 Å². The summed E-state index contributed by atoms with van der Waals surface area (Å²) in [5.41, 5.74) is 0. The summed E-state index contributed by atoms with van der Waals surface area (Å²) < 4.78 is 11.1. The van der Waals surface area contributed by atoms with E-state index in [2.05, 4.69) is 4.99 Å². The minimum Gasteiger partial charge on any atom is -0.332 e. The molecule has 1 unspecified atom stereocenters. The molecule has 10 heavy (non-hydrogen) atoms. The van der Waals surface area contributed by atoms with E-state index in [0.29, 0.717) is 4.78 Å². The molecule has 0 aromatic heterocycles. The lowest BCUT2D eigenvalue weighted by molar-refractivity contribution is 0.511. The minimum absolute atomic E-state index is 0.319. The van der Waals surface area contributed by atoms with Crippen LogP contribution in [0, 0.1) is 0 Å². The Morgan fingerprint density at radius 2 is 2.10 bits per heavy atom. The normalized spacial score (nSPS) is 18.6. The first-order valence-electron chi connectivity index (χ1n) is 2.48. The molecule has 0 fully saturated rings. The number of hydrogen-bond acceptors (Lipinski definition) is 4. The van der Waals surface area contributed by atoms with Crippen molar-refractivity contribution in [2.45, 2.75) is 0 Å². The zero-order valence-electron chi connectivity index (χ0n) is 6.07. The first kappa shape index (κ1) is 10.6. The molecule has 0 aliphatic rings. The first-order chi connectivity index (χ1) is 4.58. The van der Waals surface area contributed by atoms with Crippen LogP contribution in [0.15, 0.2) is 4.99 Å². The summed E-state index contributed by atoms with van der Waals surface area (Å²) in [6, 6.07) is 0. The van der Waals surface area contributed by atoms with E-state index in [0.717, 1.165) is 11.4 Å². The summed E-state index contributed by atoms with van der Waals surface area (Å²) in [6.45, 7) is -3.15. The molecule has 0 aliphatic heterocycles. The SMILES string of the molecule is CN=C(SC)P(=O)(O)SC. The fraction of sp³-hybridized carbons (Fsp3) is 0.750. The molecule has 0 radical (unpaired) electrons. The number of rotatable bonds is 2. The maximum atomic E-state index is 11.1. The van der Waals surface area contributed by atoms with Crippen molar-refractivity contribution in [2.75, 3.05) is 19.6 Å². The fourth-order valence-corrected chi connectivity index (χ4v) is 3.98. The second kappa shape index (κ2) is 4.44. The van der Waals surface area contributed by atoms with E-state index in [-0.39, 0.29) is 0 Å². The molecule has 0 amide bonds. The molecule has 0 aromatic carbocycles. The minimum atomic E-state index is -3.15. The average Bonchev–Trinajstić information content (AvgIpc) is 1.90. The molecule has 0 rings (SSSR count). The monoisotopic (exact) mass is 199 g/mol. The van der Waals surface area contributed by atoms with Crippen molar-refractivity contribution in [1.82, 2.24) is 0 Å². The van der Waals surface area contributed by atoms with Crippen LogP contribution in [0.1, 0.15) is 0 Å². The molecule has 0 aromatic rings. The molecule has 6 heteroatoms.